The molecular formula is C22H20FN5. The Morgan fingerprint density at radius 1 is 0.929 bits per heavy atom. The predicted molar refractivity (Wildman–Crippen MR) is 107 cm³/mol. The average Bonchev–Trinajstić information content (AvgIpc) is 3.22. The lowest BCUT2D eigenvalue weighted by Gasteiger charge is -2.27. The minimum Gasteiger partial charge on any atom is -0.317 e. The molecule has 1 saturated heterocycles. The number of fused-ring (bicyclic) bond motifs is 1. The molecule has 28 heavy (non-hydrogen) atoms. The van der Waals surface area contributed by atoms with Gasteiger partial charge in [-0.15, -0.1) is 0 Å². The lowest BCUT2D eigenvalue weighted by Crippen LogP contribution is -2.27. The van der Waals surface area contributed by atoms with Crippen LogP contribution in [-0.4, -0.2) is 33.3 Å². The first-order chi connectivity index (χ1) is 13.8. The number of hydrogen-bond acceptors (Lipinski definition) is 4. The lowest BCUT2D eigenvalue weighted by atomic mass is 9.82. The summed E-state index contributed by atoms with van der Waals surface area (Å²) < 4.78 is 13.5. The number of aromatic amines is 1. The summed E-state index contributed by atoms with van der Waals surface area (Å²) in [6, 6.07) is 10.6. The van der Waals surface area contributed by atoms with E-state index < -0.39 is 0 Å². The Morgan fingerprint density at radius 2 is 1.68 bits per heavy atom. The Morgan fingerprint density at radius 3 is 2.43 bits per heavy atom. The fraction of sp³-hybridized carbons (Fsp3) is 0.227. The van der Waals surface area contributed by atoms with Crippen LogP contribution < -0.4 is 5.32 Å². The first-order valence-corrected chi connectivity index (χ1v) is 9.55. The van der Waals surface area contributed by atoms with Gasteiger partial charge >= 0.3 is 0 Å². The molecule has 0 radical (unpaired) electrons. The maximum absolute atomic E-state index is 13.5. The molecule has 140 valence electrons. The van der Waals surface area contributed by atoms with Crippen molar-refractivity contribution in [2.75, 3.05) is 13.1 Å². The Hall–Kier alpha value is -3.12. The van der Waals surface area contributed by atoms with Crippen LogP contribution in [0.5, 0.6) is 0 Å². The van der Waals surface area contributed by atoms with Crippen LogP contribution in [0, 0.1) is 5.82 Å². The number of hydrogen-bond donors (Lipinski definition) is 2. The smallest absolute Gasteiger partial charge is 0.156 e. The standard InChI is InChI=1S/C22H20FN5/c23-17-3-1-16(2-4-17)21-20(15-7-11-25-12-8-15)19(14-5-9-24-10-6-14)18-13-26-28-22(18)27-21/h1-4,7-8,11-14,24H,5-6,9-10H2,(H,26,27,28). The molecule has 0 bridgehead atoms. The van der Waals surface area contributed by atoms with Crippen LogP contribution in [0.15, 0.2) is 55.0 Å². The second kappa shape index (κ2) is 7.13. The molecule has 1 fully saturated rings. The minimum absolute atomic E-state index is 0.254. The van der Waals surface area contributed by atoms with Crippen molar-refractivity contribution < 1.29 is 4.39 Å². The van der Waals surface area contributed by atoms with Gasteiger partial charge in [0.15, 0.2) is 5.65 Å². The molecule has 0 aliphatic carbocycles. The van der Waals surface area contributed by atoms with Crippen molar-refractivity contribution in [1.82, 2.24) is 25.5 Å². The van der Waals surface area contributed by atoms with E-state index in [-0.39, 0.29) is 5.82 Å². The molecular weight excluding hydrogens is 353 g/mol. The third-order valence-electron chi connectivity index (χ3n) is 5.47. The van der Waals surface area contributed by atoms with Crippen molar-refractivity contribution in [2.24, 2.45) is 0 Å². The third kappa shape index (κ3) is 2.96. The molecule has 0 amide bonds. The van der Waals surface area contributed by atoms with E-state index in [0.29, 0.717) is 5.92 Å². The molecule has 1 aromatic carbocycles. The number of rotatable bonds is 3. The summed E-state index contributed by atoms with van der Waals surface area (Å²) in [7, 11) is 0. The number of nitrogens with zero attached hydrogens (tertiary/aromatic N) is 3. The van der Waals surface area contributed by atoms with Gasteiger partial charge in [0, 0.05) is 28.9 Å². The summed E-state index contributed by atoms with van der Waals surface area (Å²) in [5.74, 6) is 0.155. The van der Waals surface area contributed by atoms with E-state index in [1.54, 1.807) is 24.5 Å². The first kappa shape index (κ1) is 17.0. The number of piperidine rings is 1. The summed E-state index contributed by atoms with van der Waals surface area (Å²) in [6.45, 7) is 1.99. The summed E-state index contributed by atoms with van der Waals surface area (Å²) >= 11 is 0. The van der Waals surface area contributed by atoms with Crippen molar-refractivity contribution in [3.05, 3.63) is 66.4 Å². The predicted octanol–water partition coefficient (Wildman–Crippen LogP) is 4.29. The quantitative estimate of drug-likeness (QED) is 0.562. The summed E-state index contributed by atoms with van der Waals surface area (Å²) in [5, 5.41) is 11.8. The average molecular weight is 373 g/mol. The van der Waals surface area contributed by atoms with E-state index in [0.717, 1.165) is 59.3 Å². The van der Waals surface area contributed by atoms with E-state index in [1.807, 2.05) is 18.3 Å². The van der Waals surface area contributed by atoms with Crippen molar-refractivity contribution in [3.8, 4) is 22.4 Å². The largest absolute Gasteiger partial charge is 0.317 e. The topological polar surface area (TPSA) is 66.5 Å². The second-order valence-corrected chi connectivity index (χ2v) is 7.15. The number of halogens is 1. The van der Waals surface area contributed by atoms with Crippen LogP contribution in [0.25, 0.3) is 33.4 Å². The molecule has 1 aliphatic rings. The maximum atomic E-state index is 13.5. The van der Waals surface area contributed by atoms with Crippen LogP contribution >= 0.6 is 0 Å². The summed E-state index contributed by atoms with van der Waals surface area (Å²) in [6.07, 6.45) is 7.60. The van der Waals surface area contributed by atoms with Crippen LogP contribution in [0.2, 0.25) is 0 Å². The van der Waals surface area contributed by atoms with E-state index >= 15 is 0 Å². The van der Waals surface area contributed by atoms with E-state index in [4.69, 9.17) is 4.98 Å². The maximum Gasteiger partial charge on any atom is 0.156 e. The third-order valence-corrected chi connectivity index (χ3v) is 5.47. The normalized spacial score (nSPS) is 15.2. The molecule has 0 atom stereocenters. The van der Waals surface area contributed by atoms with Gasteiger partial charge in [-0.05, 0) is 79.4 Å². The number of benzene rings is 1. The SMILES string of the molecule is Fc1ccc(-c2nc3[nH]ncc3c(C3CCNCC3)c2-c2ccncc2)cc1. The molecule has 6 heteroatoms. The van der Waals surface area contributed by atoms with Crippen molar-refractivity contribution in [3.63, 3.8) is 0 Å². The molecule has 4 aromatic rings. The van der Waals surface area contributed by atoms with Gasteiger partial charge in [0.05, 0.1) is 11.9 Å². The zero-order chi connectivity index (χ0) is 18.9. The van der Waals surface area contributed by atoms with Crippen molar-refractivity contribution >= 4 is 11.0 Å². The van der Waals surface area contributed by atoms with E-state index in [9.17, 15) is 4.39 Å². The summed E-state index contributed by atoms with van der Waals surface area (Å²) in [4.78, 5) is 9.07. The minimum atomic E-state index is -0.254. The van der Waals surface area contributed by atoms with Gasteiger partial charge in [-0.3, -0.25) is 10.1 Å². The zero-order valence-corrected chi connectivity index (χ0v) is 15.3. The van der Waals surface area contributed by atoms with Gasteiger partial charge in [-0.2, -0.15) is 5.10 Å². The van der Waals surface area contributed by atoms with E-state index in [2.05, 4.69) is 20.5 Å². The van der Waals surface area contributed by atoms with Gasteiger partial charge in [0.1, 0.15) is 5.82 Å². The van der Waals surface area contributed by atoms with Crippen molar-refractivity contribution in [2.45, 2.75) is 18.8 Å². The number of pyridine rings is 2. The molecule has 4 heterocycles. The molecule has 0 saturated carbocycles. The number of aromatic nitrogens is 4. The van der Waals surface area contributed by atoms with Gasteiger partial charge in [0.25, 0.3) is 0 Å². The highest BCUT2D eigenvalue weighted by Gasteiger charge is 2.26. The molecule has 2 N–H and O–H groups in total. The van der Waals surface area contributed by atoms with Gasteiger partial charge < -0.3 is 5.32 Å². The lowest BCUT2D eigenvalue weighted by molar-refractivity contribution is 0.463. The van der Waals surface area contributed by atoms with Crippen LogP contribution in [0.3, 0.4) is 0 Å². The Labute approximate surface area is 162 Å². The summed E-state index contributed by atoms with van der Waals surface area (Å²) in [5.41, 5.74) is 5.93. The molecule has 0 spiro atoms. The van der Waals surface area contributed by atoms with Crippen LogP contribution in [0.4, 0.5) is 4.39 Å². The highest BCUT2D eigenvalue weighted by atomic mass is 19.1. The van der Waals surface area contributed by atoms with Crippen LogP contribution in [0.1, 0.15) is 24.3 Å². The second-order valence-electron chi connectivity index (χ2n) is 7.15. The van der Waals surface area contributed by atoms with E-state index in [1.165, 1.54) is 17.7 Å². The number of H-pyrrole nitrogens is 1. The first-order valence-electron chi connectivity index (χ1n) is 9.55. The van der Waals surface area contributed by atoms with Gasteiger partial charge in [-0.25, -0.2) is 9.37 Å². The highest BCUT2D eigenvalue weighted by molar-refractivity contribution is 5.94. The zero-order valence-electron chi connectivity index (χ0n) is 15.3. The molecule has 1 aliphatic heterocycles. The Bertz CT molecular complexity index is 1100. The molecule has 5 rings (SSSR count). The van der Waals surface area contributed by atoms with Crippen LogP contribution in [-0.2, 0) is 0 Å². The van der Waals surface area contributed by atoms with Gasteiger partial charge in [0.2, 0.25) is 0 Å². The van der Waals surface area contributed by atoms with Gasteiger partial charge in [-0.1, -0.05) is 0 Å². The monoisotopic (exact) mass is 373 g/mol. The fourth-order valence-electron chi connectivity index (χ4n) is 4.15. The number of nitrogens with one attached hydrogen (secondary N) is 2. The molecule has 5 nitrogen and oxygen atoms in total. The Balaban J connectivity index is 1.84. The fourth-order valence-corrected chi connectivity index (χ4v) is 4.15. The molecule has 0 unspecified atom stereocenters. The van der Waals surface area contributed by atoms with Crippen molar-refractivity contribution in [1.29, 1.82) is 0 Å². The molecule has 3 aromatic heterocycles. The highest BCUT2D eigenvalue weighted by Crippen LogP contribution is 2.42. The Kier molecular flexibility index (Phi) is 4.33.